The van der Waals surface area contributed by atoms with E-state index in [4.69, 9.17) is 0 Å². The fourth-order valence-electron chi connectivity index (χ4n) is 0.548. The third-order valence-corrected chi connectivity index (χ3v) is 1.02. The van der Waals surface area contributed by atoms with E-state index >= 15 is 0 Å². The van der Waals surface area contributed by atoms with Crippen LogP contribution in [-0.4, -0.2) is 21.9 Å². The predicted molar refractivity (Wildman–Crippen MR) is 41.3 cm³/mol. The maximum atomic E-state index is 4.16. The minimum Gasteiger partial charge on any atom is -0.297 e. The first kappa shape index (κ1) is 6.99. The lowest BCUT2D eigenvalue weighted by Crippen LogP contribution is -1.95. The lowest BCUT2D eigenvalue weighted by atomic mass is 10.4. The van der Waals surface area contributed by atoms with Gasteiger partial charge in [0, 0.05) is 18.4 Å². The van der Waals surface area contributed by atoms with Crippen LogP contribution >= 0.6 is 0 Å². The molecule has 0 amide bonds. The molecule has 0 saturated heterocycles. The predicted octanol–water partition coefficient (Wildman–Crippen LogP) is 1.17. The van der Waals surface area contributed by atoms with E-state index in [0.29, 0.717) is 6.04 Å². The van der Waals surface area contributed by atoms with Crippen LogP contribution in [0.3, 0.4) is 0 Å². The molecule has 0 N–H and O–H groups in total. The Labute approximate surface area is 60.4 Å². The number of hydrogen-bond acceptors (Lipinski definition) is 2. The van der Waals surface area contributed by atoms with Crippen LogP contribution in [0.4, 0.5) is 0 Å². The zero-order valence-electron chi connectivity index (χ0n) is 6.23. The van der Waals surface area contributed by atoms with Crippen molar-refractivity contribution in [2.24, 2.45) is 4.99 Å². The van der Waals surface area contributed by atoms with E-state index in [9.17, 15) is 0 Å². The third-order valence-electron chi connectivity index (χ3n) is 1.02. The van der Waals surface area contributed by atoms with Crippen LogP contribution in [-0.2, 0) is 0 Å². The van der Waals surface area contributed by atoms with E-state index < -0.39 is 0 Å². The normalized spacial score (nSPS) is 11.5. The molecule has 1 aromatic rings. The van der Waals surface area contributed by atoms with Crippen molar-refractivity contribution in [3.63, 3.8) is 0 Å². The third kappa shape index (κ3) is 2.01. The fourth-order valence-corrected chi connectivity index (χ4v) is 0.548. The lowest BCUT2D eigenvalue weighted by Gasteiger charge is -1.93. The molecule has 0 aliphatic heterocycles. The number of imidazole rings is 1. The highest BCUT2D eigenvalue weighted by molar-refractivity contribution is 5.57. The first-order valence-corrected chi connectivity index (χ1v) is 3.30. The van der Waals surface area contributed by atoms with Crippen molar-refractivity contribution >= 4 is 6.34 Å². The molecule has 1 heterocycles. The molecule has 1 rings (SSSR count). The van der Waals surface area contributed by atoms with E-state index in [1.165, 1.54) is 0 Å². The van der Waals surface area contributed by atoms with Crippen LogP contribution in [0.15, 0.2) is 23.7 Å². The van der Waals surface area contributed by atoms with E-state index in [2.05, 4.69) is 9.98 Å². The quantitative estimate of drug-likeness (QED) is 0.444. The molecule has 0 unspecified atom stereocenters. The van der Waals surface area contributed by atoms with Crippen molar-refractivity contribution in [1.82, 2.24) is 9.55 Å². The molecule has 0 aromatic carbocycles. The molecule has 0 saturated carbocycles. The summed E-state index contributed by atoms with van der Waals surface area (Å²) in [5.41, 5.74) is 0. The van der Waals surface area contributed by atoms with E-state index in [0.717, 1.165) is 0 Å². The highest BCUT2D eigenvalue weighted by Gasteiger charge is 1.84. The number of nitrogens with zero attached hydrogens (tertiary/aromatic N) is 3. The second kappa shape index (κ2) is 3.15. The fraction of sp³-hybridized carbons (Fsp3) is 0.429. The summed E-state index contributed by atoms with van der Waals surface area (Å²) < 4.78 is 1.82. The highest BCUT2D eigenvalue weighted by Crippen LogP contribution is 1.84. The molecular weight excluding hydrogens is 126 g/mol. The van der Waals surface area contributed by atoms with E-state index in [1.54, 1.807) is 18.9 Å². The van der Waals surface area contributed by atoms with Crippen molar-refractivity contribution in [3.05, 3.63) is 18.7 Å². The van der Waals surface area contributed by atoms with Crippen molar-refractivity contribution < 1.29 is 0 Å². The molecule has 0 fully saturated rings. The second-order valence-corrected chi connectivity index (χ2v) is 2.37. The molecule has 0 spiro atoms. The average molecular weight is 137 g/mol. The number of hydrogen-bond donors (Lipinski definition) is 0. The summed E-state index contributed by atoms with van der Waals surface area (Å²) in [6.07, 6.45) is 7.06. The van der Waals surface area contributed by atoms with Crippen molar-refractivity contribution in [2.45, 2.75) is 19.9 Å². The topological polar surface area (TPSA) is 30.2 Å². The smallest absolute Gasteiger partial charge is 0.0998 e. The molecular formula is C7H11N3. The summed E-state index contributed by atoms with van der Waals surface area (Å²) in [7, 11) is 0. The number of aromatic nitrogens is 2. The van der Waals surface area contributed by atoms with Gasteiger partial charge in [-0.3, -0.25) is 9.56 Å². The summed E-state index contributed by atoms with van der Waals surface area (Å²) in [6.45, 7) is 4.07. The Bertz CT molecular complexity index is 199. The van der Waals surface area contributed by atoms with Gasteiger partial charge in [-0.25, -0.2) is 4.98 Å². The number of rotatable bonds is 2. The van der Waals surface area contributed by atoms with Gasteiger partial charge in [-0.2, -0.15) is 0 Å². The summed E-state index contributed by atoms with van der Waals surface area (Å²) in [6, 6.07) is 0.349. The van der Waals surface area contributed by atoms with Gasteiger partial charge in [0.25, 0.3) is 0 Å². The molecule has 1 aromatic heterocycles. The van der Waals surface area contributed by atoms with Gasteiger partial charge >= 0.3 is 0 Å². The lowest BCUT2D eigenvalue weighted by molar-refractivity contribution is 0.833. The van der Waals surface area contributed by atoms with Crippen LogP contribution < -0.4 is 0 Å². The van der Waals surface area contributed by atoms with E-state index in [1.807, 2.05) is 24.6 Å². The van der Waals surface area contributed by atoms with Crippen LogP contribution in [0.2, 0.25) is 0 Å². The van der Waals surface area contributed by atoms with E-state index in [-0.39, 0.29) is 0 Å². The number of aliphatic imine (C=N–C) groups is 1. The van der Waals surface area contributed by atoms with Gasteiger partial charge in [-0.05, 0) is 13.8 Å². The van der Waals surface area contributed by atoms with Crippen molar-refractivity contribution in [3.8, 4) is 0 Å². The SMILES string of the molecule is CC(C)/N=C\n1ccnc1. The van der Waals surface area contributed by atoms with Crippen LogP contribution in [0.5, 0.6) is 0 Å². The van der Waals surface area contributed by atoms with Crippen LogP contribution in [0.25, 0.3) is 0 Å². The van der Waals surface area contributed by atoms with Gasteiger partial charge in [0.05, 0.1) is 12.7 Å². The Balaban J connectivity index is 2.55. The first-order chi connectivity index (χ1) is 4.79. The molecule has 0 radical (unpaired) electrons. The van der Waals surface area contributed by atoms with Gasteiger partial charge in [-0.15, -0.1) is 0 Å². The highest BCUT2D eigenvalue weighted by atomic mass is 15.1. The zero-order valence-corrected chi connectivity index (χ0v) is 6.23. The summed E-state index contributed by atoms with van der Waals surface area (Å²) in [5.74, 6) is 0. The molecule has 10 heavy (non-hydrogen) atoms. The molecule has 3 nitrogen and oxygen atoms in total. The van der Waals surface area contributed by atoms with Gasteiger partial charge in [-0.1, -0.05) is 0 Å². The molecule has 54 valence electrons. The minimum atomic E-state index is 0.349. The van der Waals surface area contributed by atoms with Crippen LogP contribution in [0, 0.1) is 0 Å². The molecule has 0 aliphatic carbocycles. The zero-order chi connectivity index (χ0) is 7.40. The maximum Gasteiger partial charge on any atom is 0.0998 e. The van der Waals surface area contributed by atoms with Crippen molar-refractivity contribution in [2.75, 3.05) is 0 Å². The van der Waals surface area contributed by atoms with Gasteiger partial charge in [0.15, 0.2) is 0 Å². The minimum absolute atomic E-state index is 0.349. The van der Waals surface area contributed by atoms with Gasteiger partial charge in [0.1, 0.15) is 0 Å². The second-order valence-electron chi connectivity index (χ2n) is 2.37. The Morgan fingerprint density at radius 2 is 2.40 bits per heavy atom. The van der Waals surface area contributed by atoms with Gasteiger partial charge < -0.3 is 0 Å². The van der Waals surface area contributed by atoms with Crippen molar-refractivity contribution in [1.29, 1.82) is 0 Å². The Morgan fingerprint density at radius 3 is 2.90 bits per heavy atom. The molecule has 3 heteroatoms. The summed E-state index contributed by atoms with van der Waals surface area (Å²) in [4.78, 5) is 8.04. The average Bonchev–Trinajstić information content (AvgIpc) is 2.34. The molecule has 0 aliphatic rings. The summed E-state index contributed by atoms with van der Waals surface area (Å²) in [5, 5.41) is 0. The monoisotopic (exact) mass is 137 g/mol. The molecule has 0 bridgehead atoms. The standard InChI is InChI=1S/C7H11N3/c1-7(2)9-6-10-4-3-8-5-10/h3-7H,1-2H3/b9-6-. The largest absolute Gasteiger partial charge is 0.297 e. The first-order valence-electron chi connectivity index (χ1n) is 3.30. The molecule has 0 atom stereocenters. The Hall–Kier alpha value is -1.12. The summed E-state index contributed by atoms with van der Waals surface area (Å²) >= 11 is 0. The van der Waals surface area contributed by atoms with Gasteiger partial charge in [0.2, 0.25) is 0 Å². The van der Waals surface area contributed by atoms with Crippen LogP contribution in [0.1, 0.15) is 13.8 Å². The Kier molecular flexibility index (Phi) is 2.20. The maximum absolute atomic E-state index is 4.16. The Morgan fingerprint density at radius 1 is 1.60 bits per heavy atom.